The summed E-state index contributed by atoms with van der Waals surface area (Å²) < 4.78 is 14.8. The summed E-state index contributed by atoms with van der Waals surface area (Å²) >= 11 is 0. The fourth-order valence-electron chi connectivity index (χ4n) is 4.83. The molecule has 0 fully saturated rings. The van der Waals surface area contributed by atoms with Crippen LogP contribution in [0.5, 0.6) is 0 Å². The lowest BCUT2D eigenvalue weighted by Crippen LogP contribution is -1.94. The van der Waals surface area contributed by atoms with Gasteiger partial charge in [0.05, 0.1) is 0 Å². The van der Waals surface area contributed by atoms with Crippen molar-refractivity contribution in [2.24, 2.45) is 0 Å². The Hall–Kier alpha value is -2.41. The fourth-order valence-corrected chi connectivity index (χ4v) is 4.83. The highest BCUT2D eigenvalue weighted by Gasteiger charge is 2.07. The van der Waals surface area contributed by atoms with E-state index < -0.39 is 0 Å². The summed E-state index contributed by atoms with van der Waals surface area (Å²) in [4.78, 5) is 0. The third kappa shape index (κ3) is 9.63. The van der Waals surface area contributed by atoms with E-state index >= 15 is 0 Å². The Bertz CT molecular complexity index is 968. The van der Waals surface area contributed by atoms with Crippen molar-refractivity contribution in [3.63, 3.8) is 0 Å². The maximum atomic E-state index is 14.8. The lowest BCUT2D eigenvalue weighted by molar-refractivity contribution is 0.618. The van der Waals surface area contributed by atoms with Crippen molar-refractivity contribution in [2.75, 3.05) is 0 Å². The number of rotatable bonds is 16. The Morgan fingerprint density at radius 1 is 0.457 bits per heavy atom. The van der Waals surface area contributed by atoms with E-state index in [1.165, 1.54) is 80.9 Å². The molecule has 35 heavy (non-hydrogen) atoms. The minimum atomic E-state index is -0.103. The molecule has 0 heterocycles. The van der Waals surface area contributed by atoms with E-state index in [9.17, 15) is 4.39 Å². The van der Waals surface area contributed by atoms with Gasteiger partial charge in [-0.3, -0.25) is 0 Å². The molecule has 0 spiro atoms. The molecule has 0 bridgehead atoms. The number of aryl methyl sites for hydroxylation is 4. The van der Waals surface area contributed by atoms with E-state index in [0.29, 0.717) is 5.56 Å². The monoisotopic (exact) mass is 472 g/mol. The fraction of sp³-hybridized carbons (Fsp3) is 0.471. The van der Waals surface area contributed by atoms with Gasteiger partial charge < -0.3 is 0 Å². The topological polar surface area (TPSA) is 0 Å². The predicted octanol–water partition coefficient (Wildman–Crippen LogP) is 10.3. The molecule has 0 aliphatic carbocycles. The van der Waals surface area contributed by atoms with Crippen molar-refractivity contribution in [3.05, 3.63) is 94.8 Å². The first-order chi connectivity index (χ1) is 17.2. The molecule has 0 saturated carbocycles. The van der Waals surface area contributed by atoms with E-state index in [-0.39, 0.29) is 5.82 Å². The molecule has 1 heteroatoms. The van der Waals surface area contributed by atoms with Crippen molar-refractivity contribution in [1.82, 2.24) is 0 Å². The van der Waals surface area contributed by atoms with Crippen molar-refractivity contribution >= 4 is 0 Å². The summed E-state index contributed by atoms with van der Waals surface area (Å²) in [6.45, 7) is 4.50. The Kier molecular flexibility index (Phi) is 12.1. The summed E-state index contributed by atoms with van der Waals surface area (Å²) in [5.41, 5.74) is 6.93. The first-order valence-corrected chi connectivity index (χ1v) is 14.1. The smallest absolute Gasteiger partial charge is 0.131 e. The summed E-state index contributed by atoms with van der Waals surface area (Å²) in [7, 11) is 0. The predicted molar refractivity (Wildman–Crippen MR) is 151 cm³/mol. The number of unbranched alkanes of at least 4 members (excludes halogenated alkanes) is 8. The largest absolute Gasteiger partial charge is 0.206 e. The average molecular weight is 473 g/mol. The lowest BCUT2D eigenvalue weighted by atomic mass is 9.97. The van der Waals surface area contributed by atoms with Crippen LogP contribution in [-0.4, -0.2) is 0 Å². The lowest BCUT2D eigenvalue weighted by Gasteiger charge is -2.09. The highest BCUT2D eigenvalue weighted by atomic mass is 19.1. The first-order valence-electron chi connectivity index (χ1n) is 14.1. The Balaban J connectivity index is 1.46. The van der Waals surface area contributed by atoms with E-state index in [1.54, 1.807) is 6.07 Å². The highest BCUT2D eigenvalue weighted by Crippen LogP contribution is 2.25. The second-order valence-corrected chi connectivity index (χ2v) is 10.2. The molecule has 0 radical (unpaired) electrons. The molecule has 0 amide bonds. The number of hydrogen-bond donors (Lipinski definition) is 0. The van der Waals surface area contributed by atoms with E-state index in [0.717, 1.165) is 36.8 Å². The normalized spacial score (nSPS) is 11.2. The van der Waals surface area contributed by atoms with Crippen molar-refractivity contribution in [2.45, 2.75) is 104 Å². The van der Waals surface area contributed by atoms with Gasteiger partial charge in [-0.05, 0) is 72.4 Å². The minimum absolute atomic E-state index is 0.103. The van der Waals surface area contributed by atoms with Crippen LogP contribution in [-0.2, 0) is 25.7 Å². The molecular formula is C34H45F. The summed E-state index contributed by atoms with van der Waals surface area (Å²) in [6.07, 6.45) is 17.1. The van der Waals surface area contributed by atoms with Gasteiger partial charge in [-0.25, -0.2) is 4.39 Å². The van der Waals surface area contributed by atoms with Gasteiger partial charge in [0.1, 0.15) is 5.82 Å². The van der Waals surface area contributed by atoms with Crippen LogP contribution in [0.15, 0.2) is 66.7 Å². The van der Waals surface area contributed by atoms with Gasteiger partial charge in [0.25, 0.3) is 0 Å². The third-order valence-electron chi connectivity index (χ3n) is 7.16. The molecule has 3 rings (SSSR count). The van der Waals surface area contributed by atoms with Crippen LogP contribution in [0.25, 0.3) is 11.1 Å². The van der Waals surface area contributed by atoms with Gasteiger partial charge in [0.2, 0.25) is 0 Å². The van der Waals surface area contributed by atoms with Gasteiger partial charge in [-0.1, -0.05) is 126 Å². The zero-order chi connectivity index (χ0) is 24.7. The van der Waals surface area contributed by atoms with Gasteiger partial charge in [-0.2, -0.15) is 0 Å². The maximum Gasteiger partial charge on any atom is 0.131 e. The zero-order valence-corrected chi connectivity index (χ0v) is 22.1. The summed E-state index contributed by atoms with van der Waals surface area (Å²) in [5, 5.41) is 0. The SMILES string of the molecule is CCCCCCCc1ccc(CCc2ccc(-c3ccc(CCCCCCC)cc3F)cc2)cc1. The molecule has 0 atom stereocenters. The molecule has 0 aliphatic rings. The first kappa shape index (κ1) is 27.2. The molecule has 3 aromatic carbocycles. The Morgan fingerprint density at radius 2 is 0.886 bits per heavy atom. The van der Waals surface area contributed by atoms with E-state index in [2.05, 4.69) is 68.4 Å². The van der Waals surface area contributed by atoms with Gasteiger partial charge in [0, 0.05) is 5.56 Å². The molecule has 188 valence electrons. The van der Waals surface area contributed by atoms with Crippen LogP contribution in [0.3, 0.4) is 0 Å². The van der Waals surface area contributed by atoms with Crippen LogP contribution in [0, 0.1) is 5.82 Å². The average Bonchev–Trinajstić information content (AvgIpc) is 2.88. The van der Waals surface area contributed by atoms with Crippen molar-refractivity contribution in [1.29, 1.82) is 0 Å². The molecule has 0 unspecified atom stereocenters. The van der Waals surface area contributed by atoms with E-state index in [1.807, 2.05) is 6.07 Å². The molecule has 0 nitrogen and oxygen atoms in total. The molecule has 0 aliphatic heterocycles. The molecule has 0 N–H and O–H groups in total. The Labute approximate surface area is 214 Å². The number of halogens is 1. The van der Waals surface area contributed by atoms with Crippen LogP contribution in [0.1, 0.15) is 100 Å². The molecule has 3 aromatic rings. The number of hydrogen-bond acceptors (Lipinski definition) is 0. The second kappa shape index (κ2) is 15.6. The molecule has 0 aromatic heterocycles. The third-order valence-corrected chi connectivity index (χ3v) is 7.16. The van der Waals surface area contributed by atoms with Crippen LogP contribution >= 0.6 is 0 Å². The second-order valence-electron chi connectivity index (χ2n) is 10.2. The number of benzene rings is 3. The summed E-state index contributed by atoms with van der Waals surface area (Å²) in [5.74, 6) is -0.103. The molecular weight excluding hydrogens is 427 g/mol. The van der Waals surface area contributed by atoms with Gasteiger partial charge >= 0.3 is 0 Å². The van der Waals surface area contributed by atoms with E-state index in [4.69, 9.17) is 0 Å². The van der Waals surface area contributed by atoms with Crippen LogP contribution < -0.4 is 0 Å². The van der Waals surface area contributed by atoms with Crippen molar-refractivity contribution < 1.29 is 4.39 Å². The quantitative estimate of drug-likeness (QED) is 0.182. The molecule has 0 saturated heterocycles. The standard InChI is InChI=1S/C34H45F/c1-3-5-7-9-11-13-28-15-17-29(18-16-28)19-20-30-21-24-32(25-22-30)33-26-23-31(27-34(33)35)14-12-10-8-6-4-2/h15-18,21-27H,3-14,19-20H2,1-2H3. The minimum Gasteiger partial charge on any atom is -0.206 e. The van der Waals surface area contributed by atoms with Gasteiger partial charge in [0.15, 0.2) is 0 Å². The highest BCUT2D eigenvalue weighted by molar-refractivity contribution is 5.64. The summed E-state index contributed by atoms with van der Waals surface area (Å²) in [6, 6.07) is 23.4. The van der Waals surface area contributed by atoms with Crippen molar-refractivity contribution in [3.8, 4) is 11.1 Å². The maximum absolute atomic E-state index is 14.8. The van der Waals surface area contributed by atoms with Gasteiger partial charge in [-0.15, -0.1) is 0 Å². The van der Waals surface area contributed by atoms with Crippen LogP contribution in [0.2, 0.25) is 0 Å². The zero-order valence-electron chi connectivity index (χ0n) is 22.1. The Morgan fingerprint density at radius 3 is 1.40 bits per heavy atom. The van der Waals surface area contributed by atoms with Crippen LogP contribution in [0.4, 0.5) is 4.39 Å².